The van der Waals surface area contributed by atoms with E-state index in [0.717, 1.165) is 50.7 Å². The van der Waals surface area contributed by atoms with Crippen molar-refractivity contribution in [3.05, 3.63) is 80.9 Å². The van der Waals surface area contributed by atoms with Gasteiger partial charge in [0.25, 0.3) is 0 Å². The Morgan fingerprint density at radius 3 is 1.77 bits per heavy atom. The van der Waals surface area contributed by atoms with Gasteiger partial charge in [-0.1, -0.05) is 20.4 Å². The molecule has 8 N–H and O–H groups in total. The standard InChI is InChI=1S/C44H52N8O8/c1-9-26-22(5)30-16-32-24(7)28(11-12-36(53)45-13-14-46-37(54)19-47-38(55)20-48-43(58)21(3)4)41(51-32)29(15-39(56)57)42-40(44(59)60)25(8)33(52-42)18-35-27(10-2)23(6)31(50-35)17-34(26)49-30/h16-18,49-50H,3,9-15,19-20H2,1-2,4-8H3,(H,45,53)(H,46,54)(H,47,55)(H,48,58)(H,56,57)(H,59,60). The Bertz CT molecular complexity index is 2560. The smallest absolute Gasteiger partial charge is 0.338 e. The Kier molecular flexibility index (Phi) is 13.9. The lowest BCUT2D eigenvalue weighted by molar-refractivity contribution is -0.136. The number of carbonyl (C=O) groups is 6. The van der Waals surface area contributed by atoms with Crippen molar-refractivity contribution >= 4 is 79.9 Å². The molecule has 60 heavy (non-hydrogen) atoms. The predicted molar refractivity (Wildman–Crippen MR) is 229 cm³/mol. The molecule has 3 aromatic heterocycles. The molecule has 0 unspecified atom stereocenters. The molecule has 5 rings (SSSR count). The first-order valence-corrected chi connectivity index (χ1v) is 19.8. The Labute approximate surface area is 347 Å². The van der Waals surface area contributed by atoms with Crippen LogP contribution in [0.3, 0.4) is 0 Å². The van der Waals surface area contributed by atoms with Crippen LogP contribution < -0.4 is 21.3 Å². The molecule has 0 aromatic carbocycles. The molecule has 0 saturated carbocycles. The van der Waals surface area contributed by atoms with Gasteiger partial charge in [-0.3, -0.25) is 24.0 Å². The molecule has 0 radical (unpaired) electrons. The van der Waals surface area contributed by atoms with Crippen LogP contribution in [-0.2, 0) is 48.0 Å². The van der Waals surface area contributed by atoms with Crippen LogP contribution in [0.25, 0.3) is 44.4 Å². The van der Waals surface area contributed by atoms with Crippen molar-refractivity contribution in [3.8, 4) is 0 Å². The van der Waals surface area contributed by atoms with Gasteiger partial charge in [0, 0.05) is 52.7 Å². The van der Waals surface area contributed by atoms with Crippen molar-refractivity contribution < 1.29 is 39.0 Å². The zero-order valence-corrected chi connectivity index (χ0v) is 35.0. The summed E-state index contributed by atoms with van der Waals surface area (Å²) >= 11 is 0. The molecule has 4 amide bonds. The summed E-state index contributed by atoms with van der Waals surface area (Å²) in [5.74, 6) is -4.36. The summed E-state index contributed by atoms with van der Waals surface area (Å²) in [4.78, 5) is 91.3. The maximum absolute atomic E-state index is 13.2. The number of rotatable bonds is 16. The largest absolute Gasteiger partial charge is 0.481 e. The second kappa shape index (κ2) is 18.8. The zero-order chi connectivity index (χ0) is 44.0. The molecular formula is C44H52N8O8. The fourth-order valence-electron chi connectivity index (χ4n) is 7.49. The zero-order valence-electron chi connectivity index (χ0n) is 35.0. The number of H-pyrrole nitrogens is 2. The number of amides is 4. The summed E-state index contributed by atoms with van der Waals surface area (Å²) < 4.78 is 0. The molecule has 0 aliphatic carbocycles. The Morgan fingerprint density at radius 2 is 1.18 bits per heavy atom. The van der Waals surface area contributed by atoms with Crippen LogP contribution >= 0.6 is 0 Å². The summed E-state index contributed by atoms with van der Waals surface area (Å²) in [6.07, 6.45) is 0.967. The SMILES string of the molecule is C=C(C)C(=O)NCC(=O)NCC(=O)NCCNC(=O)CCC1=C(C)c2cc3[nH]c(cc4[nH]c(cc5nc(c(CC(=O)O)c1n2)C(C(=O)O)=C5C)c(CC)c4C)c(CC)c3C. The number of aromatic amines is 2. The summed E-state index contributed by atoms with van der Waals surface area (Å²) in [6, 6.07) is 5.79. The van der Waals surface area contributed by atoms with Crippen LogP contribution in [-0.4, -0.2) is 91.9 Å². The van der Waals surface area contributed by atoms with E-state index in [-0.39, 0.29) is 73.0 Å². The van der Waals surface area contributed by atoms with E-state index in [0.29, 0.717) is 34.5 Å². The number of carbonyl (C=O) groups excluding carboxylic acids is 4. The Morgan fingerprint density at radius 1 is 0.667 bits per heavy atom. The molecule has 8 bridgehead atoms. The third-order valence-corrected chi connectivity index (χ3v) is 10.8. The van der Waals surface area contributed by atoms with E-state index in [1.165, 1.54) is 6.92 Å². The molecule has 316 valence electrons. The fraction of sp³-hybridized carbons (Fsp3) is 0.364. The Hall–Kier alpha value is -6.84. The molecule has 0 spiro atoms. The van der Waals surface area contributed by atoms with E-state index in [1.54, 1.807) is 6.92 Å². The number of nitrogens with one attached hydrogen (secondary N) is 6. The highest BCUT2D eigenvalue weighted by Crippen LogP contribution is 2.40. The van der Waals surface area contributed by atoms with E-state index < -0.39 is 36.1 Å². The number of hydrogen-bond acceptors (Lipinski definition) is 8. The average molecular weight is 821 g/mol. The van der Waals surface area contributed by atoms with Gasteiger partial charge >= 0.3 is 11.9 Å². The lowest BCUT2D eigenvalue weighted by atomic mass is 9.94. The number of allylic oxidation sites excluding steroid dienone is 3. The van der Waals surface area contributed by atoms with Gasteiger partial charge in [0.05, 0.1) is 47.9 Å². The minimum atomic E-state index is -1.26. The minimum absolute atomic E-state index is 0.00115. The number of aliphatic carboxylic acids is 2. The van der Waals surface area contributed by atoms with Crippen LogP contribution in [0, 0.1) is 13.8 Å². The van der Waals surface area contributed by atoms with Crippen molar-refractivity contribution in [2.75, 3.05) is 26.2 Å². The first kappa shape index (κ1) is 44.3. The van der Waals surface area contributed by atoms with Crippen molar-refractivity contribution in [1.29, 1.82) is 0 Å². The third-order valence-electron chi connectivity index (χ3n) is 10.8. The van der Waals surface area contributed by atoms with Gasteiger partial charge < -0.3 is 41.4 Å². The number of nitrogens with zero attached hydrogens (tertiary/aromatic N) is 2. The number of aromatic nitrogens is 4. The first-order valence-electron chi connectivity index (χ1n) is 19.8. The van der Waals surface area contributed by atoms with Gasteiger partial charge in [-0.15, -0.1) is 0 Å². The van der Waals surface area contributed by atoms with Crippen molar-refractivity contribution in [2.24, 2.45) is 0 Å². The van der Waals surface area contributed by atoms with Crippen LogP contribution in [0.5, 0.6) is 0 Å². The first-order chi connectivity index (χ1) is 28.4. The van der Waals surface area contributed by atoms with Gasteiger partial charge in [0.2, 0.25) is 23.6 Å². The normalized spacial score (nSPS) is 12.3. The molecule has 16 heteroatoms. The monoisotopic (exact) mass is 820 g/mol. The van der Waals surface area contributed by atoms with Gasteiger partial charge in [0.15, 0.2) is 0 Å². The lowest BCUT2D eigenvalue weighted by Crippen LogP contribution is -2.43. The van der Waals surface area contributed by atoms with Crippen molar-refractivity contribution in [1.82, 2.24) is 41.2 Å². The van der Waals surface area contributed by atoms with Gasteiger partial charge in [-0.05, 0) is 111 Å². The average Bonchev–Trinajstić information content (AvgIpc) is 3.88. The van der Waals surface area contributed by atoms with E-state index in [9.17, 15) is 39.0 Å². The number of carboxylic acids is 2. The van der Waals surface area contributed by atoms with Crippen molar-refractivity contribution in [3.63, 3.8) is 0 Å². The summed E-state index contributed by atoms with van der Waals surface area (Å²) in [7, 11) is 0. The third kappa shape index (κ3) is 9.71. The van der Waals surface area contributed by atoms with Crippen LogP contribution in [0.15, 0.2) is 30.4 Å². The van der Waals surface area contributed by atoms with Gasteiger partial charge in [-0.2, -0.15) is 0 Å². The molecular weight excluding hydrogens is 769 g/mol. The summed E-state index contributed by atoms with van der Waals surface area (Å²) in [5, 5.41) is 30.9. The van der Waals surface area contributed by atoms with Crippen molar-refractivity contribution in [2.45, 2.75) is 80.6 Å². The van der Waals surface area contributed by atoms with E-state index >= 15 is 0 Å². The second-order valence-electron chi connectivity index (χ2n) is 14.8. The van der Waals surface area contributed by atoms with Crippen LogP contribution in [0.4, 0.5) is 0 Å². The number of aryl methyl sites for hydroxylation is 4. The highest BCUT2D eigenvalue weighted by molar-refractivity contribution is 6.24. The maximum Gasteiger partial charge on any atom is 0.338 e. The van der Waals surface area contributed by atoms with Gasteiger partial charge in [-0.25, -0.2) is 14.8 Å². The fourth-order valence-corrected chi connectivity index (χ4v) is 7.49. The number of carboxylic acid groups (broad SMARTS) is 2. The molecule has 2 aliphatic heterocycles. The molecule has 2 aliphatic rings. The number of hydrogen-bond donors (Lipinski definition) is 8. The van der Waals surface area contributed by atoms with E-state index in [4.69, 9.17) is 9.97 Å². The second-order valence-corrected chi connectivity index (χ2v) is 14.8. The van der Waals surface area contributed by atoms with Crippen LogP contribution in [0.1, 0.15) is 98.1 Å². The lowest BCUT2D eigenvalue weighted by Gasteiger charge is -2.11. The molecule has 16 nitrogen and oxygen atoms in total. The molecule has 0 fully saturated rings. The molecule has 5 heterocycles. The quantitative estimate of drug-likeness (QED) is 0.0745. The van der Waals surface area contributed by atoms with E-state index in [1.807, 2.05) is 39.8 Å². The Balaban J connectivity index is 1.51. The summed E-state index contributed by atoms with van der Waals surface area (Å²) in [5.41, 5.74) is 10.7. The molecule has 0 atom stereocenters. The predicted octanol–water partition coefficient (Wildman–Crippen LogP) is 4.45. The topological polar surface area (TPSA) is 248 Å². The number of fused-ring (bicyclic) bond motifs is 8. The minimum Gasteiger partial charge on any atom is -0.481 e. The highest BCUT2D eigenvalue weighted by Gasteiger charge is 2.31. The molecule has 0 saturated heterocycles. The van der Waals surface area contributed by atoms with Gasteiger partial charge in [0.1, 0.15) is 0 Å². The van der Waals surface area contributed by atoms with Crippen LogP contribution in [0.2, 0.25) is 0 Å². The molecule has 3 aromatic rings. The highest BCUT2D eigenvalue weighted by atomic mass is 16.4. The van der Waals surface area contributed by atoms with E-state index in [2.05, 4.69) is 50.8 Å². The maximum atomic E-state index is 13.2. The summed E-state index contributed by atoms with van der Waals surface area (Å²) in [6.45, 7) is 16.2.